The van der Waals surface area contributed by atoms with E-state index in [1.54, 1.807) is 14.2 Å². The smallest absolute Gasteiger partial charge is 0.160 e. The van der Waals surface area contributed by atoms with E-state index in [4.69, 9.17) is 19.2 Å². The number of morpholine rings is 1. The van der Waals surface area contributed by atoms with Gasteiger partial charge in [-0.25, -0.2) is 0 Å². The Hall–Kier alpha value is -2.45. The van der Waals surface area contributed by atoms with Crippen LogP contribution in [0.2, 0.25) is 0 Å². The van der Waals surface area contributed by atoms with Crippen LogP contribution in [0, 0.1) is 0 Å². The molecule has 4 heterocycles. The van der Waals surface area contributed by atoms with Crippen LogP contribution in [0.5, 0.6) is 11.5 Å². The molecule has 1 aromatic heterocycles. The predicted octanol–water partition coefficient (Wildman–Crippen LogP) is 3.52. The molecule has 0 N–H and O–H groups in total. The first-order valence-electron chi connectivity index (χ1n) is 10.7. The fourth-order valence-corrected chi connectivity index (χ4v) is 5.73. The van der Waals surface area contributed by atoms with Crippen LogP contribution in [0.1, 0.15) is 30.3 Å². The van der Waals surface area contributed by atoms with E-state index in [0.717, 1.165) is 66.5 Å². The number of aliphatic imine (C=N–C) groups is 1. The van der Waals surface area contributed by atoms with Gasteiger partial charge in [0.15, 0.2) is 5.17 Å². The van der Waals surface area contributed by atoms with Gasteiger partial charge in [-0.15, -0.1) is 0 Å². The largest absolute Gasteiger partial charge is 0.496 e. The summed E-state index contributed by atoms with van der Waals surface area (Å²) in [5.41, 5.74) is 3.10. The summed E-state index contributed by atoms with van der Waals surface area (Å²) >= 11 is 1.84. The first kappa shape index (κ1) is 20.5. The van der Waals surface area contributed by atoms with Crippen molar-refractivity contribution in [1.29, 1.82) is 0 Å². The monoisotopic (exact) mass is 440 g/mol. The van der Waals surface area contributed by atoms with Gasteiger partial charge in [0, 0.05) is 42.7 Å². The number of hydrogen-bond donors (Lipinski definition) is 0. The van der Waals surface area contributed by atoms with Gasteiger partial charge in [0.25, 0.3) is 0 Å². The van der Waals surface area contributed by atoms with Crippen LogP contribution in [0.25, 0.3) is 0 Å². The van der Waals surface area contributed by atoms with Crippen LogP contribution >= 0.6 is 11.8 Å². The molecule has 2 aromatic rings. The van der Waals surface area contributed by atoms with Crippen LogP contribution < -0.4 is 14.4 Å². The van der Waals surface area contributed by atoms with Crippen LogP contribution in [-0.4, -0.2) is 67.4 Å². The van der Waals surface area contributed by atoms with Crippen molar-refractivity contribution in [1.82, 2.24) is 9.88 Å². The molecule has 0 saturated carbocycles. The van der Waals surface area contributed by atoms with Gasteiger partial charge in [0.1, 0.15) is 17.5 Å². The summed E-state index contributed by atoms with van der Waals surface area (Å²) in [5, 5.41) is 1.60. The molecular formula is C23H28N4O3S. The minimum atomic E-state index is -0.0796. The highest BCUT2D eigenvalue weighted by atomic mass is 32.2. The molecule has 2 fully saturated rings. The van der Waals surface area contributed by atoms with Crippen LogP contribution in [0.3, 0.4) is 0 Å². The average molecular weight is 441 g/mol. The third-order valence-electron chi connectivity index (χ3n) is 6.08. The zero-order chi connectivity index (χ0) is 21.4. The first-order chi connectivity index (χ1) is 15.2. The van der Waals surface area contributed by atoms with E-state index in [1.807, 2.05) is 30.1 Å². The summed E-state index contributed by atoms with van der Waals surface area (Å²) in [6.07, 6.45) is 1.84. The molecule has 31 heavy (non-hydrogen) atoms. The van der Waals surface area contributed by atoms with Crippen molar-refractivity contribution in [3.63, 3.8) is 0 Å². The second-order valence-electron chi connectivity index (χ2n) is 8.00. The van der Waals surface area contributed by atoms with E-state index in [2.05, 4.69) is 39.9 Å². The Bertz CT molecular complexity index is 965. The lowest BCUT2D eigenvalue weighted by atomic mass is 9.94. The van der Waals surface area contributed by atoms with E-state index in [-0.39, 0.29) is 12.1 Å². The molecule has 0 aliphatic carbocycles. The minimum absolute atomic E-state index is 0.0185. The maximum absolute atomic E-state index is 5.93. The number of anilines is 1. The van der Waals surface area contributed by atoms with E-state index >= 15 is 0 Å². The lowest BCUT2D eigenvalue weighted by Crippen LogP contribution is -2.36. The number of thioether (sulfide) groups is 1. The maximum atomic E-state index is 5.93. The van der Waals surface area contributed by atoms with Crippen molar-refractivity contribution < 1.29 is 14.2 Å². The number of methoxy groups -OCH3 is 2. The number of nitrogens with zero attached hydrogens (tertiary/aromatic N) is 4. The molecule has 3 aliphatic heterocycles. The van der Waals surface area contributed by atoms with Gasteiger partial charge < -0.3 is 24.0 Å². The van der Waals surface area contributed by atoms with Crippen LogP contribution in [-0.2, 0) is 4.74 Å². The molecule has 5 rings (SSSR count). The van der Waals surface area contributed by atoms with Crippen molar-refractivity contribution in [2.75, 3.05) is 52.0 Å². The number of fused-ring (bicyclic) bond motifs is 1. The van der Waals surface area contributed by atoms with Crippen molar-refractivity contribution in [2.24, 2.45) is 4.99 Å². The Morgan fingerprint density at radius 3 is 2.61 bits per heavy atom. The third kappa shape index (κ3) is 3.72. The molecule has 2 saturated heterocycles. The number of pyridine rings is 1. The number of rotatable bonds is 5. The Kier molecular flexibility index (Phi) is 5.67. The summed E-state index contributed by atoms with van der Waals surface area (Å²) in [5.74, 6) is 1.71. The summed E-state index contributed by atoms with van der Waals surface area (Å²) in [7, 11) is 3.47. The Balaban J connectivity index is 1.59. The second kappa shape index (κ2) is 8.59. The van der Waals surface area contributed by atoms with Gasteiger partial charge in [-0.3, -0.25) is 9.98 Å². The average Bonchev–Trinajstić information content (AvgIpc) is 3.35. The van der Waals surface area contributed by atoms with E-state index in [0.29, 0.717) is 5.25 Å². The van der Waals surface area contributed by atoms with Crippen molar-refractivity contribution in [2.45, 2.75) is 24.3 Å². The van der Waals surface area contributed by atoms with E-state index in [9.17, 15) is 0 Å². The zero-order valence-corrected chi connectivity index (χ0v) is 19.0. The van der Waals surface area contributed by atoms with Gasteiger partial charge in [-0.05, 0) is 18.2 Å². The molecule has 3 atom stereocenters. The molecule has 0 bridgehead atoms. The van der Waals surface area contributed by atoms with Crippen molar-refractivity contribution in [3.05, 3.63) is 47.8 Å². The molecular weight excluding hydrogens is 412 g/mol. The van der Waals surface area contributed by atoms with Crippen LogP contribution in [0.15, 0.2) is 41.5 Å². The lowest BCUT2D eigenvalue weighted by molar-refractivity contribution is 0.122. The summed E-state index contributed by atoms with van der Waals surface area (Å²) in [6, 6.07) is 10.2. The zero-order valence-electron chi connectivity index (χ0n) is 18.2. The molecule has 0 amide bonds. The van der Waals surface area contributed by atoms with Crippen molar-refractivity contribution >= 4 is 22.6 Å². The van der Waals surface area contributed by atoms with Gasteiger partial charge in [-0.2, -0.15) is 0 Å². The topological polar surface area (TPSA) is 59.4 Å². The Morgan fingerprint density at radius 1 is 1.10 bits per heavy atom. The highest BCUT2D eigenvalue weighted by Crippen LogP contribution is 2.51. The van der Waals surface area contributed by atoms with Crippen LogP contribution in [0.4, 0.5) is 5.69 Å². The lowest BCUT2D eigenvalue weighted by Gasteiger charge is -2.33. The fourth-order valence-electron chi connectivity index (χ4n) is 4.64. The molecule has 1 aromatic carbocycles. The maximum Gasteiger partial charge on any atom is 0.160 e. The number of amidine groups is 1. The molecule has 7 nitrogen and oxygen atoms in total. The number of ether oxygens (including phenoxy) is 3. The van der Waals surface area contributed by atoms with Crippen molar-refractivity contribution in [3.8, 4) is 11.5 Å². The van der Waals surface area contributed by atoms with Gasteiger partial charge >= 0.3 is 0 Å². The predicted molar refractivity (Wildman–Crippen MR) is 123 cm³/mol. The molecule has 0 spiro atoms. The number of aromatic nitrogens is 1. The molecule has 8 heteroatoms. The standard InChI is InChI=1S/C23H28N4O3S/c1-15-14-27-22(21(25-23(27)31-15)17-6-4-5-7-24-17)16-12-20(29-3)18(13-19(16)28-2)26-8-10-30-11-9-26/h4-7,12-13,15,21-22H,8-11,14H2,1-3H3/t15-,21-,22-/m1/s1. The number of benzene rings is 1. The third-order valence-corrected chi connectivity index (χ3v) is 7.19. The SMILES string of the molecule is COc1cc(N2CCOCC2)c(OC)cc1[C@@H]1[C@@H](c2ccccn2)N=C2S[C@H](C)CN21. The molecule has 164 valence electrons. The molecule has 0 radical (unpaired) electrons. The van der Waals surface area contributed by atoms with Gasteiger partial charge in [-0.1, -0.05) is 24.8 Å². The normalized spacial score (nSPS) is 25.4. The molecule has 0 unspecified atom stereocenters. The quantitative estimate of drug-likeness (QED) is 0.705. The summed E-state index contributed by atoms with van der Waals surface area (Å²) in [4.78, 5) is 14.4. The van der Waals surface area contributed by atoms with Gasteiger partial charge in [0.2, 0.25) is 0 Å². The number of hydrogen-bond acceptors (Lipinski definition) is 8. The molecule has 3 aliphatic rings. The minimum Gasteiger partial charge on any atom is -0.496 e. The highest BCUT2D eigenvalue weighted by molar-refractivity contribution is 8.14. The summed E-state index contributed by atoms with van der Waals surface area (Å²) < 4.78 is 17.3. The summed E-state index contributed by atoms with van der Waals surface area (Å²) in [6.45, 7) is 6.32. The Morgan fingerprint density at radius 2 is 1.90 bits per heavy atom. The van der Waals surface area contributed by atoms with Gasteiger partial charge in [0.05, 0.1) is 44.9 Å². The Labute approximate surface area is 187 Å². The second-order valence-corrected chi connectivity index (χ2v) is 9.41. The van der Waals surface area contributed by atoms with E-state index < -0.39 is 0 Å². The van der Waals surface area contributed by atoms with E-state index in [1.165, 1.54) is 0 Å². The first-order valence-corrected chi connectivity index (χ1v) is 11.6. The fraction of sp³-hybridized carbons (Fsp3) is 0.478. The highest BCUT2D eigenvalue weighted by Gasteiger charge is 2.45.